The Kier molecular flexibility index (Phi) is 7.04. The minimum absolute atomic E-state index is 0.0490. The normalized spacial score (nSPS) is 14.6. The second-order valence-electron chi connectivity index (χ2n) is 7.97. The van der Waals surface area contributed by atoms with Gasteiger partial charge >= 0.3 is 0 Å². The van der Waals surface area contributed by atoms with Gasteiger partial charge in [-0.25, -0.2) is 18.4 Å². The standard InChI is InChI=1S/C23H28N4O4S2/c1-15-22(32-23(25-15)26-17-7-5-4-6-8-17)16-9-11-19(30-2)20(13-16)33(28,29)27-18-10-12-21(31-3)24-14-18/h9-14,17,27H,4-8H2,1-3H3,(H,25,26). The van der Waals surface area contributed by atoms with E-state index in [-0.39, 0.29) is 10.6 Å². The lowest BCUT2D eigenvalue weighted by Gasteiger charge is -2.22. The largest absolute Gasteiger partial charge is 0.495 e. The minimum Gasteiger partial charge on any atom is -0.495 e. The predicted octanol–water partition coefficient (Wildman–Crippen LogP) is 5.08. The summed E-state index contributed by atoms with van der Waals surface area (Å²) in [5.74, 6) is 0.659. The second kappa shape index (κ2) is 9.96. The van der Waals surface area contributed by atoms with E-state index in [1.807, 2.05) is 13.0 Å². The summed E-state index contributed by atoms with van der Waals surface area (Å²) >= 11 is 1.54. The maximum Gasteiger partial charge on any atom is 0.265 e. The topological polar surface area (TPSA) is 102 Å². The SMILES string of the molecule is COc1ccc(NS(=O)(=O)c2cc(-c3sc(NC4CCCCC4)nc3C)ccc2OC)cn1. The van der Waals surface area contributed by atoms with Crippen molar-refractivity contribution < 1.29 is 17.9 Å². The summed E-state index contributed by atoms with van der Waals surface area (Å²) in [6.07, 6.45) is 7.50. The molecule has 1 aliphatic carbocycles. The zero-order valence-electron chi connectivity index (χ0n) is 18.9. The fourth-order valence-electron chi connectivity index (χ4n) is 3.95. The van der Waals surface area contributed by atoms with E-state index in [9.17, 15) is 8.42 Å². The van der Waals surface area contributed by atoms with Crippen molar-refractivity contribution in [1.29, 1.82) is 0 Å². The summed E-state index contributed by atoms with van der Waals surface area (Å²) < 4.78 is 39.3. The van der Waals surface area contributed by atoms with Crippen molar-refractivity contribution in [3.8, 4) is 22.1 Å². The number of methoxy groups -OCH3 is 2. The lowest BCUT2D eigenvalue weighted by Crippen LogP contribution is -2.21. The Morgan fingerprint density at radius 2 is 1.85 bits per heavy atom. The van der Waals surface area contributed by atoms with Crippen LogP contribution in [-0.2, 0) is 10.0 Å². The van der Waals surface area contributed by atoms with Crippen LogP contribution in [0.15, 0.2) is 41.4 Å². The number of rotatable bonds is 8. The summed E-state index contributed by atoms with van der Waals surface area (Å²) in [7, 11) is -0.971. The van der Waals surface area contributed by atoms with Gasteiger partial charge in [0.1, 0.15) is 10.6 Å². The van der Waals surface area contributed by atoms with E-state index in [4.69, 9.17) is 14.5 Å². The number of sulfonamides is 1. The highest BCUT2D eigenvalue weighted by atomic mass is 32.2. The van der Waals surface area contributed by atoms with Crippen LogP contribution in [0.2, 0.25) is 0 Å². The number of ether oxygens (including phenoxy) is 2. The van der Waals surface area contributed by atoms with Crippen molar-refractivity contribution in [2.45, 2.75) is 50.0 Å². The van der Waals surface area contributed by atoms with Crippen LogP contribution in [0.25, 0.3) is 10.4 Å². The first kappa shape index (κ1) is 23.3. The number of aryl methyl sites for hydroxylation is 1. The van der Waals surface area contributed by atoms with Crippen molar-refractivity contribution in [2.24, 2.45) is 0 Å². The zero-order valence-corrected chi connectivity index (χ0v) is 20.6. The molecule has 8 nitrogen and oxygen atoms in total. The molecule has 0 spiro atoms. The lowest BCUT2D eigenvalue weighted by molar-refractivity contribution is 0.398. The van der Waals surface area contributed by atoms with Crippen molar-refractivity contribution >= 4 is 32.2 Å². The smallest absolute Gasteiger partial charge is 0.265 e. The van der Waals surface area contributed by atoms with E-state index in [1.165, 1.54) is 39.7 Å². The van der Waals surface area contributed by atoms with Crippen LogP contribution in [0.1, 0.15) is 37.8 Å². The third kappa shape index (κ3) is 5.39. The van der Waals surface area contributed by atoms with Gasteiger partial charge in [0, 0.05) is 12.1 Å². The van der Waals surface area contributed by atoms with Crippen LogP contribution in [0.4, 0.5) is 10.8 Å². The molecular weight excluding hydrogens is 460 g/mol. The van der Waals surface area contributed by atoms with Crippen LogP contribution in [-0.4, -0.2) is 38.6 Å². The first-order valence-electron chi connectivity index (χ1n) is 10.8. The minimum atomic E-state index is -3.92. The van der Waals surface area contributed by atoms with Gasteiger partial charge in [0.15, 0.2) is 5.13 Å². The molecule has 1 fully saturated rings. The van der Waals surface area contributed by atoms with Gasteiger partial charge in [0.25, 0.3) is 10.0 Å². The molecule has 4 rings (SSSR count). The average Bonchev–Trinajstić information content (AvgIpc) is 3.19. The Bertz CT molecular complexity index is 1200. The van der Waals surface area contributed by atoms with Crippen LogP contribution >= 0.6 is 11.3 Å². The van der Waals surface area contributed by atoms with Gasteiger partial charge in [0.05, 0.1) is 36.7 Å². The number of nitrogens with one attached hydrogen (secondary N) is 2. The summed E-state index contributed by atoms with van der Waals surface area (Å²) in [6, 6.07) is 8.79. The third-order valence-electron chi connectivity index (χ3n) is 5.64. The van der Waals surface area contributed by atoms with Crippen molar-refractivity contribution in [3.05, 3.63) is 42.2 Å². The van der Waals surface area contributed by atoms with Crippen LogP contribution < -0.4 is 19.5 Å². The molecule has 1 aliphatic rings. The van der Waals surface area contributed by atoms with Crippen LogP contribution in [0.5, 0.6) is 11.6 Å². The molecule has 33 heavy (non-hydrogen) atoms. The summed E-state index contributed by atoms with van der Waals surface area (Å²) in [6.45, 7) is 1.94. The summed E-state index contributed by atoms with van der Waals surface area (Å²) in [5.41, 5.74) is 1.96. The van der Waals surface area contributed by atoms with Gasteiger partial charge in [-0.3, -0.25) is 4.72 Å². The van der Waals surface area contributed by atoms with E-state index in [0.29, 0.717) is 17.6 Å². The number of anilines is 2. The summed E-state index contributed by atoms with van der Waals surface area (Å²) in [4.78, 5) is 9.72. The number of nitrogens with zero attached hydrogens (tertiary/aromatic N) is 2. The molecule has 0 saturated heterocycles. The van der Waals surface area contributed by atoms with Crippen molar-refractivity contribution in [2.75, 3.05) is 24.3 Å². The molecular formula is C23H28N4O4S2. The molecule has 0 radical (unpaired) electrons. The first-order valence-corrected chi connectivity index (χ1v) is 13.1. The number of aromatic nitrogens is 2. The molecule has 2 N–H and O–H groups in total. The Morgan fingerprint density at radius 1 is 1.06 bits per heavy atom. The Morgan fingerprint density at radius 3 is 2.52 bits per heavy atom. The predicted molar refractivity (Wildman–Crippen MR) is 131 cm³/mol. The molecule has 10 heteroatoms. The number of benzene rings is 1. The van der Waals surface area contributed by atoms with Crippen LogP contribution in [0, 0.1) is 6.92 Å². The first-order chi connectivity index (χ1) is 15.9. The fourth-order valence-corrected chi connectivity index (χ4v) is 6.23. The van der Waals surface area contributed by atoms with Gasteiger partial charge in [-0.05, 0) is 49.6 Å². The quantitative estimate of drug-likeness (QED) is 0.456. The highest BCUT2D eigenvalue weighted by molar-refractivity contribution is 7.92. The Balaban J connectivity index is 1.62. The Labute approximate surface area is 198 Å². The van der Waals surface area contributed by atoms with E-state index in [1.54, 1.807) is 35.6 Å². The molecule has 2 aromatic heterocycles. The van der Waals surface area contributed by atoms with Crippen LogP contribution in [0.3, 0.4) is 0 Å². The van der Waals surface area contributed by atoms with Gasteiger partial charge in [-0.1, -0.05) is 30.6 Å². The molecule has 3 aromatic rings. The van der Waals surface area contributed by atoms with E-state index >= 15 is 0 Å². The van der Waals surface area contributed by atoms with Crippen molar-refractivity contribution in [1.82, 2.24) is 9.97 Å². The van der Waals surface area contributed by atoms with E-state index in [0.717, 1.165) is 34.1 Å². The molecule has 0 amide bonds. The maximum absolute atomic E-state index is 13.2. The lowest BCUT2D eigenvalue weighted by atomic mass is 9.96. The van der Waals surface area contributed by atoms with Gasteiger partial charge in [-0.15, -0.1) is 0 Å². The second-order valence-corrected chi connectivity index (χ2v) is 10.6. The maximum atomic E-state index is 13.2. The van der Waals surface area contributed by atoms with Gasteiger partial charge in [-0.2, -0.15) is 0 Å². The van der Waals surface area contributed by atoms with E-state index < -0.39 is 10.0 Å². The molecule has 0 bridgehead atoms. The van der Waals surface area contributed by atoms with Gasteiger partial charge < -0.3 is 14.8 Å². The number of thiazole rings is 1. The molecule has 2 heterocycles. The molecule has 0 atom stereocenters. The zero-order chi connectivity index (χ0) is 23.4. The number of hydrogen-bond acceptors (Lipinski definition) is 8. The highest BCUT2D eigenvalue weighted by Gasteiger charge is 2.23. The molecule has 1 aromatic carbocycles. The monoisotopic (exact) mass is 488 g/mol. The van der Waals surface area contributed by atoms with Gasteiger partial charge in [0.2, 0.25) is 5.88 Å². The molecule has 1 saturated carbocycles. The fraction of sp³-hybridized carbons (Fsp3) is 0.391. The number of pyridine rings is 1. The highest BCUT2D eigenvalue weighted by Crippen LogP contribution is 2.37. The molecule has 0 unspecified atom stereocenters. The third-order valence-corrected chi connectivity index (χ3v) is 8.18. The number of hydrogen-bond donors (Lipinski definition) is 2. The molecule has 0 aliphatic heterocycles. The van der Waals surface area contributed by atoms with Crippen molar-refractivity contribution in [3.63, 3.8) is 0 Å². The van der Waals surface area contributed by atoms with E-state index in [2.05, 4.69) is 15.0 Å². The molecule has 176 valence electrons. The average molecular weight is 489 g/mol. The summed E-state index contributed by atoms with van der Waals surface area (Å²) in [5, 5.41) is 4.43. The Hall–Kier alpha value is -2.85.